The van der Waals surface area contributed by atoms with Gasteiger partial charge in [-0.15, -0.1) is 0 Å². The molecule has 0 bridgehead atoms. The Kier molecular flexibility index (Phi) is 3.50. The fourth-order valence-electron chi connectivity index (χ4n) is 2.81. The van der Waals surface area contributed by atoms with Gasteiger partial charge in [0.25, 0.3) is 7.82 Å². The Balaban J connectivity index is 1.75. The summed E-state index contributed by atoms with van der Waals surface area (Å²) >= 11 is 3.36. The van der Waals surface area contributed by atoms with E-state index >= 15 is 0 Å². The quantitative estimate of drug-likeness (QED) is 0.621. The molecule has 2 aromatic heterocycles. The van der Waals surface area contributed by atoms with Crippen LogP contribution in [0.1, 0.15) is 6.23 Å². The van der Waals surface area contributed by atoms with Crippen molar-refractivity contribution in [3.63, 3.8) is 0 Å². The monoisotopic (exact) mass is 405 g/mol. The number of aliphatic hydroxyl groups excluding tert-OH is 1. The second-order valence-corrected chi connectivity index (χ2v) is 7.43. The second-order valence-electron chi connectivity index (χ2n) is 5.21. The molecule has 0 amide bonds. The van der Waals surface area contributed by atoms with Gasteiger partial charge >= 0.3 is 0 Å². The molecule has 2 fully saturated rings. The summed E-state index contributed by atoms with van der Waals surface area (Å²) in [6.07, 6.45) is -0.924. The minimum atomic E-state index is -4.42. The number of halogens is 1. The van der Waals surface area contributed by atoms with Gasteiger partial charge in [0, 0.05) is 10.7 Å². The van der Waals surface area contributed by atoms with Crippen LogP contribution in [0, 0.1) is 0 Å². The zero-order chi connectivity index (χ0) is 16.4. The van der Waals surface area contributed by atoms with E-state index in [2.05, 4.69) is 30.4 Å². The summed E-state index contributed by atoms with van der Waals surface area (Å²) in [5.41, 5.74) is 6.28. The SMILES string of the molecule is Nc1ncnc2c1c(Br)cn2[C@@H]1O[C@@H]2COP(=O)([O-])O[C@H]2[C@H]1O. The predicted octanol–water partition coefficient (Wildman–Crippen LogP) is -0.0819. The van der Waals surface area contributed by atoms with E-state index in [1.807, 2.05) is 0 Å². The molecule has 1 unspecified atom stereocenters. The summed E-state index contributed by atoms with van der Waals surface area (Å²) in [6, 6.07) is 0. The van der Waals surface area contributed by atoms with E-state index in [0.717, 1.165) is 0 Å². The Morgan fingerprint density at radius 3 is 3.09 bits per heavy atom. The van der Waals surface area contributed by atoms with Crippen LogP contribution >= 0.6 is 23.8 Å². The number of aromatic nitrogens is 3. The number of aliphatic hydroxyl groups is 1. The predicted molar refractivity (Wildman–Crippen MR) is 78.0 cm³/mol. The lowest BCUT2D eigenvalue weighted by Crippen LogP contribution is -2.41. The fourth-order valence-corrected chi connectivity index (χ4v) is 4.36. The van der Waals surface area contributed by atoms with Gasteiger partial charge in [0.2, 0.25) is 0 Å². The molecule has 4 heterocycles. The van der Waals surface area contributed by atoms with Crippen LogP contribution in [-0.4, -0.2) is 44.6 Å². The van der Waals surface area contributed by atoms with E-state index in [4.69, 9.17) is 15.0 Å². The van der Waals surface area contributed by atoms with E-state index in [9.17, 15) is 14.6 Å². The summed E-state index contributed by atoms with van der Waals surface area (Å²) in [5.74, 6) is 0.272. The number of nitrogen functional groups attached to an aromatic ring is 1. The molecule has 23 heavy (non-hydrogen) atoms. The minimum Gasteiger partial charge on any atom is -0.756 e. The Hall–Kier alpha value is -1.07. The van der Waals surface area contributed by atoms with Crippen molar-refractivity contribution in [2.75, 3.05) is 12.3 Å². The Morgan fingerprint density at radius 2 is 2.30 bits per heavy atom. The molecule has 10 nitrogen and oxygen atoms in total. The zero-order valence-electron chi connectivity index (χ0n) is 11.4. The number of phosphoric acid groups is 1. The summed E-state index contributed by atoms with van der Waals surface area (Å²) in [5, 5.41) is 11.0. The zero-order valence-corrected chi connectivity index (χ0v) is 13.9. The maximum Gasteiger partial charge on any atom is 0.268 e. The second kappa shape index (κ2) is 5.21. The fraction of sp³-hybridized carbons (Fsp3) is 0.455. The van der Waals surface area contributed by atoms with Crippen LogP contribution < -0.4 is 10.6 Å². The molecule has 0 spiro atoms. The highest BCUT2D eigenvalue weighted by Gasteiger charge is 2.50. The lowest BCUT2D eigenvalue weighted by Gasteiger charge is -2.34. The van der Waals surface area contributed by atoms with E-state index in [1.54, 1.807) is 10.8 Å². The van der Waals surface area contributed by atoms with Gasteiger partial charge < -0.3 is 34.1 Å². The van der Waals surface area contributed by atoms with Crippen molar-refractivity contribution in [1.29, 1.82) is 0 Å². The van der Waals surface area contributed by atoms with E-state index in [0.29, 0.717) is 15.5 Å². The highest BCUT2D eigenvalue weighted by atomic mass is 79.9. The molecule has 124 valence electrons. The number of fused-ring (bicyclic) bond motifs is 2. The Labute approximate surface area is 137 Å². The van der Waals surface area contributed by atoms with E-state index in [-0.39, 0.29) is 12.4 Å². The number of hydrogen-bond donors (Lipinski definition) is 2. The molecular formula is C11H11BrN4O6P-. The maximum atomic E-state index is 11.4. The highest BCUT2D eigenvalue weighted by molar-refractivity contribution is 9.10. The molecule has 0 aromatic carbocycles. The number of hydrogen-bond acceptors (Lipinski definition) is 9. The molecule has 5 atom stereocenters. The smallest absolute Gasteiger partial charge is 0.268 e. The molecule has 0 aliphatic carbocycles. The van der Waals surface area contributed by atoms with Crippen LogP contribution in [0.4, 0.5) is 5.82 Å². The third-order valence-electron chi connectivity index (χ3n) is 3.82. The normalized spacial score (nSPS) is 37.2. The van der Waals surface area contributed by atoms with Crippen LogP contribution in [0.25, 0.3) is 11.0 Å². The number of nitrogens with two attached hydrogens (primary N) is 1. The van der Waals surface area contributed by atoms with Crippen LogP contribution in [0.15, 0.2) is 17.0 Å². The first kappa shape index (κ1) is 15.5. The van der Waals surface area contributed by atoms with E-state index in [1.165, 1.54) is 6.33 Å². The highest BCUT2D eigenvalue weighted by Crippen LogP contribution is 2.50. The number of anilines is 1. The first-order valence-electron chi connectivity index (χ1n) is 6.61. The number of phosphoric ester groups is 1. The van der Waals surface area contributed by atoms with Gasteiger partial charge in [-0.1, -0.05) is 0 Å². The van der Waals surface area contributed by atoms with Crippen molar-refractivity contribution < 1.29 is 28.3 Å². The van der Waals surface area contributed by atoms with Gasteiger partial charge in [-0.25, -0.2) is 9.97 Å². The molecule has 2 saturated heterocycles. The molecule has 0 radical (unpaired) electrons. The third-order valence-corrected chi connectivity index (χ3v) is 5.39. The summed E-state index contributed by atoms with van der Waals surface area (Å²) in [7, 11) is -4.42. The standard InChI is InChI=1S/C11H12BrN4O6P/c12-4-1-16(10-6(4)9(13)14-3-15-10)11-7(17)8-5(21-11)2-20-23(18,19)22-8/h1,3,5,7-8,11,17H,2H2,(H,18,19)(H2,13,14,15)/p-1/t5-,7-,8-,11-/m1/s1. The van der Waals surface area contributed by atoms with Crippen molar-refractivity contribution >= 4 is 40.6 Å². The van der Waals surface area contributed by atoms with Gasteiger partial charge in [0.05, 0.1) is 12.0 Å². The van der Waals surface area contributed by atoms with E-state index < -0.39 is 32.4 Å². The largest absolute Gasteiger partial charge is 0.756 e. The molecule has 2 aromatic rings. The third kappa shape index (κ3) is 2.40. The first-order valence-corrected chi connectivity index (χ1v) is 8.87. The minimum absolute atomic E-state index is 0.212. The van der Waals surface area contributed by atoms with Crippen LogP contribution in [-0.2, 0) is 18.3 Å². The topological polar surface area (TPSA) is 145 Å². The Bertz CT molecular complexity index is 830. The van der Waals surface area contributed by atoms with Gasteiger partial charge in [-0.2, -0.15) is 0 Å². The van der Waals surface area contributed by atoms with Gasteiger partial charge in [-0.05, 0) is 15.9 Å². The van der Waals surface area contributed by atoms with Crippen molar-refractivity contribution in [3.8, 4) is 0 Å². The molecule has 12 heteroatoms. The van der Waals surface area contributed by atoms with Crippen molar-refractivity contribution in [2.24, 2.45) is 0 Å². The van der Waals surface area contributed by atoms with Gasteiger partial charge in [0.15, 0.2) is 6.23 Å². The van der Waals surface area contributed by atoms with Crippen molar-refractivity contribution in [1.82, 2.24) is 14.5 Å². The summed E-state index contributed by atoms with van der Waals surface area (Å²) in [6.45, 7) is -0.212. The maximum absolute atomic E-state index is 11.4. The Morgan fingerprint density at radius 1 is 1.52 bits per heavy atom. The van der Waals surface area contributed by atoms with Crippen LogP contribution in [0.3, 0.4) is 0 Å². The van der Waals surface area contributed by atoms with Crippen LogP contribution in [0.2, 0.25) is 0 Å². The van der Waals surface area contributed by atoms with Gasteiger partial charge in [-0.3, -0.25) is 4.57 Å². The van der Waals surface area contributed by atoms with Crippen molar-refractivity contribution in [2.45, 2.75) is 24.5 Å². The summed E-state index contributed by atoms with van der Waals surface area (Å²) in [4.78, 5) is 19.5. The molecule has 2 aliphatic heterocycles. The van der Waals surface area contributed by atoms with Crippen LogP contribution in [0.5, 0.6) is 0 Å². The molecule has 2 aliphatic rings. The van der Waals surface area contributed by atoms with Crippen molar-refractivity contribution in [3.05, 3.63) is 17.0 Å². The average molecular weight is 406 g/mol. The average Bonchev–Trinajstić information content (AvgIpc) is 2.98. The number of nitrogens with zero attached hydrogens (tertiary/aromatic N) is 3. The van der Waals surface area contributed by atoms with Gasteiger partial charge in [0.1, 0.15) is 36.1 Å². The molecule has 3 N–H and O–H groups in total. The first-order chi connectivity index (χ1) is 10.9. The summed E-state index contributed by atoms with van der Waals surface area (Å²) < 4.78 is 28.7. The lowest BCUT2D eigenvalue weighted by atomic mass is 10.1. The molecular weight excluding hydrogens is 395 g/mol. The molecule has 0 saturated carbocycles. The number of ether oxygens (including phenoxy) is 1. The molecule has 4 rings (SSSR count). The lowest BCUT2D eigenvalue weighted by molar-refractivity contribution is -0.245. The number of rotatable bonds is 1.